The lowest BCUT2D eigenvalue weighted by atomic mass is 9.69. The molecule has 0 amide bonds. The number of alkyl halides is 1. The van der Waals surface area contributed by atoms with E-state index in [1.807, 2.05) is 0 Å². The molecule has 64 valence electrons. The molecule has 1 heteroatoms. The molecule has 0 aromatic rings. The maximum absolute atomic E-state index is 3.59. The SMILES string of the molecule is CC1=CCCC(CBr)C1(C)C. The van der Waals surface area contributed by atoms with Crippen LogP contribution in [0.3, 0.4) is 0 Å². The van der Waals surface area contributed by atoms with E-state index in [1.165, 1.54) is 12.8 Å². The van der Waals surface area contributed by atoms with Crippen LogP contribution < -0.4 is 0 Å². The van der Waals surface area contributed by atoms with Crippen LogP contribution in [-0.2, 0) is 0 Å². The highest BCUT2D eigenvalue weighted by Gasteiger charge is 2.31. The van der Waals surface area contributed by atoms with Crippen LogP contribution in [0.4, 0.5) is 0 Å². The Morgan fingerprint density at radius 2 is 2.27 bits per heavy atom. The molecule has 0 bridgehead atoms. The number of hydrogen-bond acceptors (Lipinski definition) is 0. The summed E-state index contributed by atoms with van der Waals surface area (Å²) in [7, 11) is 0. The third kappa shape index (κ3) is 1.69. The molecule has 0 nitrogen and oxygen atoms in total. The summed E-state index contributed by atoms with van der Waals surface area (Å²) in [6, 6.07) is 0. The molecule has 0 saturated heterocycles. The van der Waals surface area contributed by atoms with Crippen LogP contribution >= 0.6 is 15.9 Å². The van der Waals surface area contributed by atoms with Gasteiger partial charge in [0.15, 0.2) is 0 Å². The fourth-order valence-corrected chi connectivity index (χ4v) is 2.85. The lowest BCUT2D eigenvalue weighted by molar-refractivity contribution is 0.263. The summed E-state index contributed by atoms with van der Waals surface area (Å²) in [6.45, 7) is 6.96. The summed E-state index contributed by atoms with van der Waals surface area (Å²) >= 11 is 3.59. The van der Waals surface area contributed by atoms with E-state index in [9.17, 15) is 0 Å². The normalized spacial score (nSPS) is 29.8. The van der Waals surface area contributed by atoms with Gasteiger partial charge in [0.25, 0.3) is 0 Å². The second-order valence-corrected chi connectivity index (χ2v) is 4.68. The highest BCUT2D eigenvalue weighted by Crippen LogP contribution is 2.41. The van der Waals surface area contributed by atoms with Crippen molar-refractivity contribution in [1.82, 2.24) is 0 Å². The average Bonchev–Trinajstić information content (AvgIpc) is 1.95. The molecule has 0 aromatic carbocycles. The Labute approximate surface area is 78.2 Å². The van der Waals surface area contributed by atoms with Gasteiger partial charge in [-0.25, -0.2) is 0 Å². The summed E-state index contributed by atoms with van der Waals surface area (Å²) in [5.74, 6) is 0.826. The predicted octanol–water partition coefficient (Wildman–Crippen LogP) is 3.76. The van der Waals surface area contributed by atoms with E-state index in [2.05, 4.69) is 42.8 Å². The number of hydrogen-bond donors (Lipinski definition) is 0. The Balaban J connectivity index is 2.81. The maximum atomic E-state index is 3.59. The molecule has 0 radical (unpaired) electrons. The first-order chi connectivity index (χ1) is 5.09. The molecule has 0 aliphatic heterocycles. The molecule has 0 fully saturated rings. The fraction of sp³-hybridized carbons (Fsp3) is 0.800. The summed E-state index contributed by atoms with van der Waals surface area (Å²) < 4.78 is 0. The first kappa shape index (κ1) is 9.31. The summed E-state index contributed by atoms with van der Waals surface area (Å²) in [5, 5.41) is 1.14. The minimum atomic E-state index is 0.418. The zero-order valence-corrected chi connectivity index (χ0v) is 9.24. The first-order valence-corrected chi connectivity index (χ1v) is 5.44. The van der Waals surface area contributed by atoms with Crippen molar-refractivity contribution >= 4 is 15.9 Å². The largest absolute Gasteiger partial charge is 0.0925 e. The Kier molecular flexibility index (Phi) is 2.79. The van der Waals surface area contributed by atoms with Gasteiger partial charge in [-0.2, -0.15) is 0 Å². The molecule has 0 saturated carbocycles. The third-order valence-electron chi connectivity index (χ3n) is 3.19. The van der Waals surface area contributed by atoms with Gasteiger partial charge < -0.3 is 0 Å². The molecular weight excluding hydrogens is 200 g/mol. The van der Waals surface area contributed by atoms with E-state index < -0.39 is 0 Å². The lowest BCUT2D eigenvalue weighted by Gasteiger charge is -2.37. The summed E-state index contributed by atoms with van der Waals surface area (Å²) in [5.41, 5.74) is 1.98. The van der Waals surface area contributed by atoms with Crippen molar-refractivity contribution in [1.29, 1.82) is 0 Å². The molecule has 1 aliphatic carbocycles. The van der Waals surface area contributed by atoms with Crippen molar-refractivity contribution in [3.05, 3.63) is 11.6 Å². The minimum Gasteiger partial charge on any atom is -0.0925 e. The van der Waals surface area contributed by atoms with Crippen molar-refractivity contribution in [2.45, 2.75) is 33.6 Å². The zero-order valence-electron chi connectivity index (χ0n) is 7.65. The average molecular weight is 217 g/mol. The number of allylic oxidation sites excluding steroid dienone is 2. The van der Waals surface area contributed by atoms with Gasteiger partial charge in [0, 0.05) is 5.33 Å². The van der Waals surface area contributed by atoms with E-state index in [1.54, 1.807) is 5.57 Å². The summed E-state index contributed by atoms with van der Waals surface area (Å²) in [4.78, 5) is 0. The van der Waals surface area contributed by atoms with E-state index in [4.69, 9.17) is 0 Å². The minimum absolute atomic E-state index is 0.418. The lowest BCUT2D eigenvalue weighted by Crippen LogP contribution is -2.29. The second-order valence-electron chi connectivity index (χ2n) is 4.04. The van der Waals surface area contributed by atoms with Gasteiger partial charge in [-0.3, -0.25) is 0 Å². The van der Waals surface area contributed by atoms with E-state index in [0.29, 0.717) is 5.41 Å². The van der Waals surface area contributed by atoms with Gasteiger partial charge in [-0.05, 0) is 31.1 Å². The molecular formula is C10H17Br. The number of halogens is 1. The molecule has 1 rings (SSSR count). The van der Waals surface area contributed by atoms with E-state index >= 15 is 0 Å². The van der Waals surface area contributed by atoms with Crippen LogP contribution in [0.25, 0.3) is 0 Å². The van der Waals surface area contributed by atoms with Gasteiger partial charge in [0.05, 0.1) is 0 Å². The maximum Gasteiger partial charge on any atom is 0.00679 e. The van der Waals surface area contributed by atoms with Crippen molar-refractivity contribution in [3.63, 3.8) is 0 Å². The van der Waals surface area contributed by atoms with Gasteiger partial charge >= 0.3 is 0 Å². The first-order valence-electron chi connectivity index (χ1n) is 4.32. The molecule has 0 heterocycles. The number of rotatable bonds is 1. The van der Waals surface area contributed by atoms with Gasteiger partial charge in [-0.15, -0.1) is 0 Å². The van der Waals surface area contributed by atoms with Crippen LogP contribution in [0, 0.1) is 11.3 Å². The van der Waals surface area contributed by atoms with Crippen molar-refractivity contribution < 1.29 is 0 Å². The third-order valence-corrected chi connectivity index (χ3v) is 3.97. The highest BCUT2D eigenvalue weighted by atomic mass is 79.9. The van der Waals surface area contributed by atoms with Crippen LogP contribution in [0.1, 0.15) is 33.6 Å². The van der Waals surface area contributed by atoms with Gasteiger partial charge in [0.2, 0.25) is 0 Å². The molecule has 1 atom stereocenters. The zero-order chi connectivity index (χ0) is 8.48. The summed E-state index contributed by atoms with van der Waals surface area (Å²) in [6.07, 6.45) is 5.00. The molecule has 0 spiro atoms. The highest BCUT2D eigenvalue weighted by molar-refractivity contribution is 9.09. The van der Waals surface area contributed by atoms with Gasteiger partial charge in [0.1, 0.15) is 0 Å². The molecule has 1 unspecified atom stereocenters. The fourth-order valence-electron chi connectivity index (χ4n) is 1.72. The Bertz CT molecular complexity index is 168. The smallest absolute Gasteiger partial charge is 0.00679 e. The van der Waals surface area contributed by atoms with Crippen LogP contribution in [-0.4, -0.2) is 5.33 Å². The van der Waals surface area contributed by atoms with Crippen LogP contribution in [0.15, 0.2) is 11.6 Å². The van der Waals surface area contributed by atoms with E-state index in [0.717, 1.165) is 11.2 Å². The molecule has 11 heavy (non-hydrogen) atoms. The topological polar surface area (TPSA) is 0 Å². The monoisotopic (exact) mass is 216 g/mol. The Morgan fingerprint density at radius 3 is 2.73 bits per heavy atom. The molecule has 1 aliphatic rings. The molecule has 0 aromatic heterocycles. The van der Waals surface area contributed by atoms with Crippen molar-refractivity contribution in [2.75, 3.05) is 5.33 Å². The quantitative estimate of drug-likeness (QED) is 0.463. The Hall–Kier alpha value is 0.220. The van der Waals surface area contributed by atoms with Crippen molar-refractivity contribution in [2.24, 2.45) is 11.3 Å². The predicted molar refractivity (Wildman–Crippen MR) is 54.1 cm³/mol. The van der Waals surface area contributed by atoms with Crippen LogP contribution in [0.5, 0.6) is 0 Å². The van der Waals surface area contributed by atoms with Crippen LogP contribution in [0.2, 0.25) is 0 Å². The van der Waals surface area contributed by atoms with E-state index in [-0.39, 0.29) is 0 Å². The Morgan fingerprint density at radius 1 is 1.64 bits per heavy atom. The second kappa shape index (κ2) is 3.30. The standard InChI is InChI=1S/C10H17Br/c1-8-5-4-6-9(7-11)10(8,2)3/h5,9H,4,6-7H2,1-3H3. The van der Waals surface area contributed by atoms with Crippen molar-refractivity contribution in [3.8, 4) is 0 Å². The van der Waals surface area contributed by atoms with Gasteiger partial charge in [-0.1, -0.05) is 41.4 Å². The molecule has 0 N–H and O–H groups in total.